The maximum absolute atomic E-state index is 13.2. The molecule has 0 atom stereocenters. The van der Waals surface area contributed by atoms with Gasteiger partial charge in [0, 0.05) is 23.5 Å². The number of hydrogen-bond acceptors (Lipinski definition) is 4. The Labute approximate surface area is 159 Å². The lowest BCUT2D eigenvalue weighted by atomic mass is 9.87. The lowest BCUT2D eigenvalue weighted by Crippen LogP contribution is -2.30. The van der Waals surface area contributed by atoms with Gasteiger partial charge in [-0.2, -0.15) is 4.31 Å². The van der Waals surface area contributed by atoms with Gasteiger partial charge in [0.15, 0.2) is 0 Å². The van der Waals surface area contributed by atoms with E-state index >= 15 is 0 Å². The van der Waals surface area contributed by atoms with Crippen molar-refractivity contribution in [3.8, 4) is 0 Å². The van der Waals surface area contributed by atoms with Gasteiger partial charge in [0.2, 0.25) is 10.0 Å². The maximum Gasteiger partial charge on any atom is 0.243 e. The van der Waals surface area contributed by atoms with Gasteiger partial charge in [-0.05, 0) is 40.6 Å². The predicted molar refractivity (Wildman–Crippen MR) is 105 cm³/mol. The van der Waals surface area contributed by atoms with E-state index in [1.807, 2.05) is 29.6 Å². The summed E-state index contributed by atoms with van der Waals surface area (Å²) in [6.45, 7) is 6.94. The molecular weight excluding hydrogens is 366 g/mol. The van der Waals surface area contributed by atoms with Crippen molar-refractivity contribution in [2.24, 2.45) is 0 Å². The molecule has 0 aliphatic carbocycles. The van der Waals surface area contributed by atoms with E-state index < -0.39 is 10.0 Å². The number of rotatable bonds is 6. The Hall–Kier alpha value is -1.89. The molecule has 26 heavy (non-hydrogen) atoms. The normalized spacial score (nSPS) is 12.6. The summed E-state index contributed by atoms with van der Waals surface area (Å²) < 4.78 is 33.1. The molecule has 0 amide bonds. The average molecular weight is 390 g/mol. The molecule has 138 valence electrons. The zero-order valence-corrected chi connectivity index (χ0v) is 16.8. The van der Waals surface area contributed by atoms with Crippen molar-refractivity contribution in [2.75, 3.05) is 0 Å². The molecule has 0 aliphatic rings. The van der Waals surface area contributed by atoms with E-state index in [1.54, 1.807) is 42.1 Å². The third-order valence-electron chi connectivity index (χ3n) is 4.21. The van der Waals surface area contributed by atoms with Crippen LogP contribution in [0, 0.1) is 0 Å². The zero-order valence-electron chi connectivity index (χ0n) is 15.2. The summed E-state index contributed by atoms with van der Waals surface area (Å²) in [5, 5.41) is 1.95. The number of furan rings is 1. The molecule has 0 aliphatic heterocycles. The average Bonchev–Trinajstić information content (AvgIpc) is 3.27. The SMILES string of the molecule is CC(C)(C)c1ccc(S(=O)(=O)N(Cc2ccoc2)Cc2cccs2)cc1. The van der Waals surface area contributed by atoms with Crippen LogP contribution in [-0.2, 0) is 28.5 Å². The van der Waals surface area contributed by atoms with Crippen LogP contribution in [0.3, 0.4) is 0 Å². The fraction of sp³-hybridized carbons (Fsp3) is 0.300. The number of sulfonamides is 1. The van der Waals surface area contributed by atoms with E-state index in [0.29, 0.717) is 11.4 Å². The van der Waals surface area contributed by atoms with Crippen molar-refractivity contribution in [1.82, 2.24) is 4.31 Å². The summed E-state index contributed by atoms with van der Waals surface area (Å²) >= 11 is 1.55. The lowest BCUT2D eigenvalue weighted by Gasteiger charge is -2.23. The summed E-state index contributed by atoms with van der Waals surface area (Å²) in [5.74, 6) is 0. The monoisotopic (exact) mass is 389 g/mol. The van der Waals surface area contributed by atoms with Crippen LogP contribution >= 0.6 is 11.3 Å². The molecule has 0 saturated carbocycles. The van der Waals surface area contributed by atoms with Crippen molar-refractivity contribution >= 4 is 21.4 Å². The number of thiophene rings is 1. The highest BCUT2D eigenvalue weighted by atomic mass is 32.2. The zero-order chi connectivity index (χ0) is 18.8. The quantitative estimate of drug-likeness (QED) is 0.594. The van der Waals surface area contributed by atoms with E-state index in [9.17, 15) is 8.42 Å². The predicted octanol–water partition coefficient (Wildman–Crippen LogP) is 5.03. The maximum atomic E-state index is 13.2. The van der Waals surface area contributed by atoms with Crippen LogP contribution in [0.1, 0.15) is 36.8 Å². The molecule has 4 nitrogen and oxygen atoms in total. The molecule has 2 aromatic heterocycles. The fourth-order valence-electron chi connectivity index (χ4n) is 2.66. The van der Waals surface area contributed by atoms with Crippen LogP contribution in [0.25, 0.3) is 0 Å². The summed E-state index contributed by atoms with van der Waals surface area (Å²) in [5.41, 5.74) is 1.92. The van der Waals surface area contributed by atoms with E-state index in [0.717, 1.165) is 16.0 Å². The molecule has 6 heteroatoms. The van der Waals surface area contributed by atoms with Crippen LogP contribution in [0.4, 0.5) is 0 Å². The largest absolute Gasteiger partial charge is 0.472 e. The number of hydrogen-bond donors (Lipinski definition) is 0. The second-order valence-electron chi connectivity index (χ2n) is 7.26. The Morgan fingerprint density at radius 2 is 1.77 bits per heavy atom. The van der Waals surface area contributed by atoms with Crippen molar-refractivity contribution in [1.29, 1.82) is 0 Å². The topological polar surface area (TPSA) is 50.5 Å². The minimum Gasteiger partial charge on any atom is -0.472 e. The Morgan fingerprint density at radius 1 is 1.04 bits per heavy atom. The summed E-state index contributed by atoms with van der Waals surface area (Å²) in [7, 11) is -3.62. The summed E-state index contributed by atoms with van der Waals surface area (Å²) in [6.07, 6.45) is 3.14. The first kappa shape index (κ1) is 18.9. The van der Waals surface area contributed by atoms with Crippen LogP contribution in [0.2, 0.25) is 0 Å². The molecule has 0 bridgehead atoms. The van der Waals surface area contributed by atoms with Gasteiger partial charge in [-0.25, -0.2) is 8.42 Å². The molecule has 3 rings (SSSR count). The van der Waals surface area contributed by atoms with Gasteiger partial charge >= 0.3 is 0 Å². The summed E-state index contributed by atoms with van der Waals surface area (Å²) in [6, 6.07) is 12.9. The fourth-order valence-corrected chi connectivity index (χ4v) is 4.87. The van der Waals surface area contributed by atoms with Crippen molar-refractivity contribution in [3.05, 3.63) is 76.4 Å². The lowest BCUT2D eigenvalue weighted by molar-refractivity contribution is 0.402. The highest BCUT2D eigenvalue weighted by Gasteiger charge is 2.26. The van der Waals surface area contributed by atoms with Gasteiger partial charge in [-0.3, -0.25) is 0 Å². The van der Waals surface area contributed by atoms with Crippen LogP contribution in [0.15, 0.2) is 69.7 Å². The number of nitrogens with zero attached hydrogens (tertiary/aromatic N) is 1. The van der Waals surface area contributed by atoms with Gasteiger partial charge < -0.3 is 4.42 Å². The standard InChI is InChI=1S/C20H23NO3S2/c1-20(2,3)17-6-8-19(9-7-17)26(22,23)21(13-16-10-11-24-15-16)14-18-5-4-12-25-18/h4-12,15H,13-14H2,1-3H3. The van der Waals surface area contributed by atoms with Crippen LogP contribution in [0.5, 0.6) is 0 Å². The third kappa shape index (κ3) is 4.26. The van der Waals surface area contributed by atoms with E-state index in [2.05, 4.69) is 20.8 Å². The van der Waals surface area contributed by atoms with E-state index in [4.69, 9.17) is 4.42 Å². The Bertz CT molecular complexity index is 884. The first-order valence-electron chi connectivity index (χ1n) is 8.41. The van der Waals surface area contributed by atoms with Gasteiger partial charge in [0.05, 0.1) is 17.4 Å². The molecule has 3 aromatic rings. The highest BCUT2D eigenvalue weighted by Crippen LogP contribution is 2.27. The van der Waals surface area contributed by atoms with Gasteiger partial charge in [-0.1, -0.05) is 39.0 Å². The first-order chi connectivity index (χ1) is 12.3. The minimum absolute atomic E-state index is 0.0181. The van der Waals surface area contributed by atoms with E-state index in [1.165, 1.54) is 4.31 Å². The minimum atomic E-state index is -3.62. The Kier molecular flexibility index (Phi) is 5.37. The van der Waals surface area contributed by atoms with Gasteiger partial charge in [-0.15, -0.1) is 11.3 Å². The van der Waals surface area contributed by atoms with Crippen LogP contribution in [-0.4, -0.2) is 12.7 Å². The third-order valence-corrected chi connectivity index (χ3v) is 6.88. The molecule has 1 aromatic carbocycles. The van der Waals surface area contributed by atoms with Crippen LogP contribution < -0.4 is 0 Å². The van der Waals surface area contributed by atoms with Crippen molar-refractivity contribution in [2.45, 2.75) is 44.2 Å². The van der Waals surface area contributed by atoms with Crippen molar-refractivity contribution in [3.63, 3.8) is 0 Å². The smallest absolute Gasteiger partial charge is 0.243 e. The molecule has 0 spiro atoms. The molecule has 0 saturated heterocycles. The van der Waals surface area contributed by atoms with Crippen molar-refractivity contribution < 1.29 is 12.8 Å². The number of benzene rings is 1. The highest BCUT2D eigenvalue weighted by molar-refractivity contribution is 7.89. The molecule has 0 unspecified atom stereocenters. The second kappa shape index (κ2) is 7.39. The summed E-state index contributed by atoms with van der Waals surface area (Å²) in [4.78, 5) is 1.31. The second-order valence-corrected chi connectivity index (χ2v) is 10.2. The van der Waals surface area contributed by atoms with Gasteiger partial charge in [0.25, 0.3) is 0 Å². The molecule has 0 fully saturated rings. The Morgan fingerprint density at radius 3 is 2.31 bits per heavy atom. The molecule has 0 radical (unpaired) electrons. The first-order valence-corrected chi connectivity index (χ1v) is 10.7. The van der Waals surface area contributed by atoms with Gasteiger partial charge in [0.1, 0.15) is 0 Å². The molecule has 0 N–H and O–H groups in total. The molecule has 2 heterocycles. The van der Waals surface area contributed by atoms with E-state index in [-0.39, 0.29) is 12.0 Å². The molecular formula is C20H23NO3S2. The Balaban J connectivity index is 1.92.